The second-order valence-electron chi connectivity index (χ2n) is 6.59. The third-order valence-electron chi connectivity index (χ3n) is 4.40. The fraction of sp³-hybridized carbons (Fsp3) is 0.350. The van der Waals surface area contributed by atoms with E-state index in [2.05, 4.69) is 15.6 Å². The lowest BCUT2D eigenvalue weighted by atomic mass is 10.2. The lowest BCUT2D eigenvalue weighted by molar-refractivity contribution is 0.306. The van der Waals surface area contributed by atoms with Crippen molar-refractivity contribution in [2.24, 2.45) is 4.99 Å². The largest absolute Gasteiger partial charge is 0.489 e. The van der Waals surface area contributed by atoms with Gasteiger partial charge in [-0.3, -0.25) is 4.99 Å². The van der Waals surface area contributed by atoms with Crippen LogP contribution in [0.2, 0.25) is 0 Å². The van der Waals surface area contributed by atoms with Crippen molar-refractivity contribution in [2.75, 3.05) is 18.6 Å². The molecule has 1 atom stereocenters. The number of ether oxygens (including phenoxy) is 1. The number of nitrogens with zero attached hydrogens (tertiary/aromatic N) is 1. The number of sulfone groups is 1. The summed E-state index contributed by atoms with van der Waals surface area (Å²) in [5.41, 5.74) is 2.18. The van der Waals surface area contributed by atoms with E-state index in [1.165, 1.54) is 0 Å². The van der Waals surface area contributed by atoms with Gasteiger partial charge < -0.3 is 15.4 Å². The van der Waals surface area contributed by atoms with Crippen molar-refractivity contribution >= 4 is 39.8 Å². The Kier molecular flexibility index (Phi) is 8.56. The first-order valence-corrected chi connectivity index (χ1v) is 10.8. The monoisotopic (exact) mass is 515 g/mol. The van der Waals surface area contributed by atoms with Crippen LogP contribution in [-0.2, 0) is 23.0 Å². The second-order valence-corrected chi connectivity index (χ2v) is 8.82. The van der Waals surface area contributed by atoms with E-state index >= 15 is 0 Å². The molecular weight excluding hydrogens is 489 g/mol. The number of nitrogens with one attached hydrogen (secondary N) is 2. The van der Waals surface area contributed by atoms with E-state index in [4.69, 9.17) is 4.74 Å². The van der Waals surface area contributed by atoms with Gasteiger partial charge in [0, 0.05) is 19.6 Å². The summed E-state index contributed by atoms with van der Waals surface area (Å²) in [4.78, 5) is 4.18. The summed E-state index contributed by atoms with van der Waals surface area (Å²) < 4.78 is 29.0. The minimum absolute atomic E-state index is 0. The van der Waals surface area contributed by atoms with Gasteiger partial charge in [-0.05, 0) is 29.7 Å². The average molecular weight is 515 g/mol. The molecule has 0 bridgehead atoms. The van der Waals surface area contributed by atoms with Crippen LogP contribution in [0.4, 0.5) is 0 Å². The molecule has 0 radical (unpaired) electrons. The van der Waals surface area contributed by atoms with Gasteiger partial charge >= 0.3 is 0 Å². The highest BCUT2D eigenvalue weighted by Crippen LogP contribution is 2.15. The summed E-state index contributed by atoms with van der Waals surface area (Å²) in [5.74, 6) is 1.81. The lowest BCUT2D eigenvalue weighted by Gasteiger charge is -2.16. The number of benzene rings is 2. The molecule has 0 amide bonds. The molecule has 0 saturated carbocycles. The van der Waals surface area contributed by atoms with Gasteiger partial charge in [0.05, 0.1) is 11.5 Å². The molecule has 2 aromatic carbocycles. The van der Waals surface area contributed by atoms with E-state index in [0.717, 1.165) is 16.9 Å². The topological polar surface area (TPSA) is 79.8 Å². The van der Waals surface area contributed by atoms with Crippen LogP contribution < -0.4 is 15.4 Å². The molecule has 1 heterocycles. The molecule has 2 aromatic rings. The summed E-state index contributed by atoms with van der Waals surface area (Å²) in [6.45, 7) is 1.10. The average Bonchev–Trinajstić information content (AvgIpc) is 3.03. The van der Waals surface area contributed by atoms with E-state index in [1.54, 1.807) is 7.05 Å². The predicted octanol–water partition coefficient (Wildman–Crippen LogP) is 2.74. The molecule has 1 fully saturated rings. The zero-order valence-corrected chi connectivity index (χ0v) is 18.9. The molecular formula is C20H26IN3O3S. The van der Waals surface area contributed by atoms with Crippen molar-refractivity contribution in [1.82, 2.24) is 10.6 Å². The molecule has 8 heteroatoms. The standard InChI is InChI=1S/C20H25N3O3S.HI/c1-21-20(23-18-10-11-27(24,25)15-18)22-13-17-8-5-9-19(12-17)26-14-16-6-3-2-4-7-16;/h2-9,12,18H,10-11,13-15H2,1H3,(H2,21,22,23);1H. The molecule has 2 N–H and O–H groups in total. The molecule has 1 aliphatic rings. The van der Waals surface area contributed by atoms with Crippen LogP contribution in [0.1, 0.15) is 17.5 Å². The van der Waals surface area contributed by atoms with Gasteiger partial charge in [-0.25, -0.2) is 8.42 Å². The highest BCUT2D eigenvalue weighted by atomic mass is 127. The second kappa shape index (κ2) is 10.7. The molecule has 3 rings (SSSR count). The Bertz CT molecular complexity index is 889. The molecule has 0 aromatic heterocycles. The van der Waals surface area contributed by atoms with Crippen LogP contribution in [0.15, 0.2) is 59.6 Å². The maximum absolute atomic E-state index is 11.6. The van der Waals surface area contributed by atoms with Crippen molar-refractivity contribution in [3.63, 3.8) is 0 Å². The van der Waals surface area contributed by atoms with E-state index in [1.807, 2.05) is 54.6 Å². The molecule has 1 unspecified atom stereocenters. The minimum atomic E-state index is -2.91. The van der Waals surface area contributed by atoms with E-state index in [0.29, 0.717) is 25.5 Å². The van der Waals surface area contributed by atoms with Crippen molar-refractivity contribution in [3.8, 4) is 5.75 Å². The number of halogens is 1. The first kappa shape index (κ1) is 22.5. The maximum atomic E-state index is 11.6. The summed E-state index contributed by atoms with van der Waals surface area (Å²) in [6, 6.07) is 17.8. The normalized spacial score (nSPS) is 18.2. The van der Waals surface area contributed by atoms with Crippen LogP contribution in [0.5, 0.6) is 5.75 Å². The Hall–Kier alpha value is -1.81. The third kappa shape index (κ3) is 6.97. The van der Waals surface area contributed by atoms with Crippen molar-refractivity contribution in [1.29, 1.82) is 0 Å². The van der Waals surface area contributed by atoms with E-state index in [-0.39, 0.29) is 41.5 Å². The zero-order valence-electron chi connectivity index (χ0n) is 15.8. The summed E-state index contributed by atoms with van der Waals surface area (Å²) in [5, 5.41) is 6.41. The smallest absolute Gasteiger partial charge is 0.191 e. The molecule has 1 saturated heterocycles. The van der Waals surface area contributed by atoms with Crippen LogP contribution in [0.3, 0.4) is 0 Å². The number of hydrogen-bond acceptors (Lipinski definition) is 4. The SMILES string of the molecule is CN=C(NCc1cccc(OCc2ccccc2)c1)NC1CCS(=O)(=O)C1.I. The number of hydrogen-bond donors (Lipinski definition) is 2. The highest BCUT2D eigenvalue weighted by molar-refractivity contribution is 14.0. The van der Waals surface area contributed by atoms with Gasteiger partial charge in [-0.2, -0.15) is 0 Å². The van der Waals surface area contributed by atoms with Gasteiger partial charge in [0.25, 0.3) is 0 Å². The summed E-state index contributed by atoms with van der Waals surface area (Å²) >= 11 is 0. The Morgan fingerprint density at radius 3 is 2.57 bits per heavy atom. The van der Waals surface area contributed by atoms with Gasteiger partial charge in [-0.1, -0.05) is 42.5 Å². The quantitative estimate of drug-likeness (QED) is 0.352. The Balaban J connectivity index is 0.00000280. The molecule has 1 aliphatic heterocycles. The minimum Gasteiger partial charge on any atom is -0.489 e. The lowest BCUT2D eigenvalue weighted by Crippen LogP contribution is -2.43. The van der Waals surface area contributed by atoms with Gasteiger partial charge in [0.2, 0.25) is 0 Å². The number of aliphatic imine (C=N–C) groups is 1. The van der Waals surface area contributed by atoms with Crippen molar-refractivity contribution in [3.05, 3.63) is 65.7 Å². The summed E-state index contributed by atoms with van der Waals surface area (Å²) in [6.07, 6.45) is 0.617. The van der Waals surface area contributed by atoms with Gasteiger partial charge in [0.1, 0.15) is 12.4 Å². The molecule has 0 spiro atoms. The Labute approximate surface area is 183 Å². The third-order valence-corrected chi connectivity index (χ3v) is 6.17. The summed E-state index contributed by atoms with van der Waals surface area (Å²) in [7, 11) is -1.23. The Morgan fingerprint density at radius 2 is 1.89 bits per heavy atom. The first-order chi connectivity index (χ1) is 13.0. The number of rotatable bonds is 6. The maximum Gasteiger partial charge on any atom is 0.191 e. The van der Waals surface area contributed by atoms with Gasteiger partial charge in [0.15, 0.2) is 15.8 Å². The first-order valence-electron chi connectivity index (χ1n) is 8.97. The van der Waals surface area contributed by atoms with Crippen LogP contribution in [0, 0.1) is 0 Å². The molecule has 6 nitrogen and oxygen atoms in total. The van der Waals surface area contributed by atoms with Crippen LogP contribution in [-0.4, -0.2) is 39.0 Å². The van der Waals surface area contributed by atoms with Crippen LogP contribution >= 0.6 is 24.0 Å². The molecule has 28 heavy (non-hydrogen) atoms. The Morgan fingerprint density at radius 1 is 1.14 bits per heavy atom. The fourth-order valence-electron chi connectivity index (χ4n) is 2.97. The highest BCUT2D eigenvalue weighted by Gasteiger charge is 2.28. The zero-order chi connectivity index (χ0) is 19.1. The van der Waals surface area contributed by atoms with Crippen molar-refractivity contribution < 1.29 is 13.2 Å². The van der Waals surface area contributed by atoms with Gasteiger partial charge in [-0.15, -0.1) is 24.0 Å². The number of guanidine groups is 1. The predicted molar refractivity (Wildman–Crippen MR) is 123 cm³/mol. The molecule has 0 aliphatic carbocycles. The van der Waals surface area contributed by atoms with E-state index < -0.39 is 9.84 Å². The molecule has 152 valence electrons. The van der Waals surface area contributed by atoms with Crippen LogP contribution in [0.25, 0.3) is 0 Å². The van der Waals surface area contributed by atoms with Crippen molar-refractivity contribution in [2.45, 2.75) is 25.6 Å². The van der Waals surface area contributed by atoms with E-state index in [9.17, 15) is 8.42 Å². The fourth-order valence-corrected chi connectivity index (χ4v) is 4.64.